The van der Waals surface area contributed by atoms with E-state index in [1.54, 1.807) is 54.6 Å². The number of carbonyl (C=O) groups excluding carboxylic acids is 2. The van der Waals surface area contributed by atoms with Crippen molar-refractivity contribution in [2.75, 3.05) is 32.2 Å². The number of hydrogen-bond donors (Lipinski definition) is 2. The number of nitrogens with one attached hydrogen (secondary N) is 2. The number of hydrazone groups is 1. The van der Waals surface area contributed by atoms with Gasteiger partial charge in [0.05, 0.1) is 31.6 Å². The van der Waals surface area contributed by atoms with Gasteiger partial charge in [-0.2, -0.15) is 5.10 Å². The second kappa shape index (κ2) is 14.8. The van der Waals surface area contributed by atoms with Gasteiger partial charge in [0.25, 0.3) is 11.8 Å². The van der Waals surface area contributed by atoms with Crippen molar-refractivity contribution >= 4 is 46.9 Å². The van der Waals surface area contributed by atoms with Crippen molar-refractivity contribution in [2.45, 2.75) is 20.3 Å². The van der Waals surface area contributed by atoms with Crippen molar-refractivity contribution in [2.24, 2.45) is 5.10 Å². The van der Waals surface area contributed by atoms with Crippen LogP contribution in [0.1, 0.15) is 36.2 Å². The summed E-state index contributed by atoms with van der Waals surface area (Å²) < 4.78 is 22.2. The van der Waals surface area contributed by atoms with Crippen LogP contribution in [0.5, 0.6) is 23.0 Å². The van der Waals surface area contributed by atoms with Gasteiger partial charge in [0.2, 0.25) is 0 Å². The lowest BCUT2D eigenvalue weighted by molar-refractivity contribution is -0.118. The first-order valence-electron chi connectivity index (χ1n) is 12.1. The van der Waals surface area contributed by atoms with Crippen molar-refractivity contribution in [3.8, 4) is 23.0 Å². The monoisotopic (exact) mass is 573 g/mol. The molecule has 0 spiro atoms. The lowest BCUT2D eigenvalue weighted by atomic mass is 10.2. The van der Waals surface area contributed by atoms with Crippen LogP contribution in [0, 0.1) is 0 Å². The molecule has 0 aliphatic heterocycles. The minimum absolute atomic E-state index is 0.195. The molecule has 0 aromatic heterocycles. The fourth-order valence-corrected chi connectivity index (χ4v) is 3.70. The number of anilines is 1. The first-order chi connectivity index (χ1) is 18.8. The van der Waals surface area contributed by atoms with Crippen molar-refractivity contribution in [3.63, 3.8) is 0 Å². The molecule has 11 heteroatoms. The molecule has 0 saturated carbocycles. The summed E-state index contributed by atoms with van der Waals surface area (Å²) in [5.74, 6) is 0.723. The predicted molar refractivity (Wildman–Crippen MR) is 152 cm³/mol. The number of carbonyl (C=O) groups is 2. The second-order valence-corrected chi connectivity index (χ2v) is 8.86. The lowest BCUT2D eigenvalue weighted by Gasteiger charge is -2.13. The van der Waals surface area contributed by atoms with Gasteiger partial charge >= 0.3 is 0 Å². The summed E-state index contributed by atoms with van der Waals surface area (Å²) in [6.07, 6.45) is 2.26. The number of amides is 2. The van der Waals surface area contributed by atoms with Crippen molar-refractivity contribution in [1.82, 2.24) is 5.43 Å². The zero-order valence-corrected chi connectivity index (χ0v) is 23.3. The standard InChI is InChI=1S/C28H29Cl2N3O6/c1-4-12-38-23-11-6-19(15-24(23)37-5-2)28(35)33-31-16-18-13-22(30)27(25(14-18)36-3)39-17-26(34)32-21-9-7-20(29)8-10-21/h6-11,13-16H,4-5,12,17H2,1-3H3,(H,32,34)(H,33,35)/b31-16+. The molecule has 206 valence electrons. The van der Waals surface area contributed by atoms with Crippen molar-refractivity contribution in [1.29, 1.82) is 0 Å². The molecular weight excluding hydrogens is 545 g/mol. The normalized spacial score (nSPS) is 10.7. The van der Waals surface area contributed by atoms with Crippen molar-refractivity contribution in [3.05, 3.63) is 75.8 Å². The fraction of sp³-hybridized carbons (Fsp3) is 0.250. The van der Waals surface area contributed by atoms with Crippen LogP contribution in [0.2, 0.25) is 10.0 Å². The lowest BCUT2D eigenvalue weighted by Crippen LogP contribution is -2.20. The van der Waals surface area contributed by atoms with Gasteiger partial charge in [-0.15, -0.1) is 0 Å². The first kappa shape index (κ1) is 29.6. The number of benzene rings is 3. The topological polar surface area (TPSA) is 107 Å². The number of rotatable bonds is 13. The zero-order chi connectivity index (χ0) is 28.2. The Morgan fingerprint density at radius 1 is 0.923 bits per heavy atom. The summed E-state index contributed by atoms with van der Waals surface area (Å²) in [5.41, 5.74) is 3.95. The van der Waals surface area contributed by atoms with E-state index in [1.165, 1.54) is 13.3 Å². The number of halogens is 2. The molecule has 0 aliphatic carbocycles. The summed E-state index contributed by atoms with van der Waals surface area (Å²) >= 11 is 12.2. The van der Waals surface area contributed by atoms with Gasteiger partial charge in [-0.3, -0.25) is 9.59 Å². The van der Waals surface area contributed by atoms with Gasteiger partial charge in [-0.1, -0.05) is 30.1 Å². The molecule has 2 N–H and O–H groups in total. The van der Waals surface area contributed by atoms with Gasteiger partial charge in [-0.25, -0.2) is 5.43 Å². The summed E-state index contributed by atoms with van der Waals surface area (Å²) in [4.78, 5) is 24.9. The molecule has 0 heterocycles. The maximum absolute atomic E-state index is 12.6. The Labute approximate surface area is 237 Å². The van der Waals surface area contributed by atoms with Gasteiger partial charge in [0.1, 0.15) is 0 Å². The predicted octanol–water partition coefficient (Wildman–Crippen LogP) is 5.97. The Balaban J connectivity index is 1.63. The maximum atomic E-state index is 12.6. The maximum Gasteiger partial charge on any atom is 0.271 e. The molecule has 0 bridgehead atoms. The van der Waals surface area contributed by atoms with Crippen LogP contribution in [-0.4, -0.2) is 45.0 Å². The Bertz CT molecular complexity index is 1320. The van der Waals surface area contributed by atoms with Gasteiger partial charge in [0, 0.05) is 16.3 Å². The quantitative estimate of drug-likeness (QED) is 0.192. The molecule has 0 atom stereocenters. The molecule has 3 aromatic carbocycles. The van der Waals surface area contributed by atoms with E-state index >= 15 is 0 Å². The highest BCUT2D eigenvalue weighted by Gasteiger charge is 2.15. The Morgan fingerprint density at radius 2 is 1.69 bits per heavy atom. The molecule has 9 nitrogen and oxygen atoms in total. The van der Waals surface area contributed by atoms with E-state index < -0.39 is 5.91 Å². The van der Waals surface area contributed by atoms with Gasteiger partial charge in [0.15, 0.2) is 29.6 Å². The molecule has 39 heavy (non-hydrogen) atoms. The third kappa shape index (κ3) is 8.80. The first-order valence-corrected chi connectivity index (χ1v) is 12.9. The molecule has 0 saturated heterocycles. The van der Waals surface area contributed by atoms with Gasteiger partial charge in [-0.05, 0) is 73.5 Å². The number of ether oxygens (including phenoxy) is 4. The van der Waals surface area contributed by atoms with E-state index in [-0.39, 0.29) is 23.3 Å². The Morgan fingerprint density at radius 3 is 2.38 bits per heavy atom. The van der Waals surface area contributed by atoms with Gasteiger partial charge < -0.3 is 24.3 Å². The molecule has 3 aromatic rings. The SMILES string of the molecule is CCCOc1ccc(C(=O)N/N=C/c2cc(Cl)c(OCC(=O)Nc3ccc(Cl)cc3)c(OC)c2)cc1OCC. The van der Waals surface area contributed by atoms with E-state index in [2.05, 4.69) is 15.8 Å². The Hall–Kier alpha value is -3.95. The highest BCUT2D eigenvalue weighted by molar-refractivity contribution is 6.32. The van der Waals surface area contributed by atoms with Crippen molar-refractivity contribution < 1.29 is 28.5 Å². The highest BCUT2D eigenvalue weighted by Crippen LogP contribution is 2.36. The summed E-state index contributed by atoms with van der Waals surface area (Å²) in [7, 11) is 1.44. The highest BCUT2D eigenvalue weighted by atomic mass is 35.5. The molecule has 2 amide bonds. The zero-order valence-electron chi connectivity index (χ0n) is 21.8. The van der Waals surface area contributed by atoms with E-state index in [0.29, 0.717) is 52.3 Å². The largest absolute Gasteiger partial charge is 0.493 e. The number of nitrogens with zero attached hydrogens (tertiary/aromatic N) is 1. The third-order valence-electron chi connectivity index (χ3n) is 5.07. The average Bonchev–Trinajstić information content (AvgIpc) is 2.92. The van der Waals surface area contributed by atoms with Crippen LogP contribution in [0.3, 0.4) is 0 Å². The van der Waals surface area contributed by atoms with Crippen LogP contribution in [0.15, 0.2) is 59.7 Å². The second-order valence-electron chi connectivity index (χ2n) is 8.02. The van der Waals surface area contributed by atoms with E-state index in [1.807, 2.05) is 13.8 Å². The molecule has 3 rings (SSSR count). The minimum atomic E-state index is -0.432. The fourth-order valence-electron chi connectivity index (χ4n) is 3.30. The molecule has 0 aliphatic rings. The van der Waals surface area contributed by atoms with Crippen LogP contribution in [-0.2, 0) is 4.79 Å². The summed E-state index contributed by atoms with van der Waals surface area (Å²) in [5, 5.41) is 7.47. The van der Waals surface area contributed by atoms with Crippen LogP contribution < -0.4 is 29.7 Å². The average molecular weight is 574 g/mol. The van der Waals surface area contributed by atoms with E-state index in [4.69, 9.17) is 42.1 Å². The van der Waals surface area contributed by atoms with Crippen LogP contribution >= 0.6 is 23.2 Å². The number of hydrogen-bond acceptors (Lipinski definition) is 7. The molecule has 0 fully saturated rings. The Kier molecular flexibility index (Phi) is 11.3. The third-order valence-corrected chi connectivity index (χ3v) is 5.61. The summed E-state index contributed by atoms with van der Waals surface area (Å²) in [6.45, 7) is 4.54. The van der Waals surface area contributed by atoms with E-state index in [9.17, 15) is 9.59 Å². The molecular formula is C28H29Cl2N3O6. The smallest absolute Gasteiger partial charge is 0.271 e. The van der Waals surface area contributed by atoms with E-state index in [0.717, 1.165) is 6.42 Å². The van der Waals surface area contributed by atoms with Crippen LogP contribution in [0.4, 0.5) is 5.69 Å². The summed E-state index contributed by atoms with van der Waals surface area (Å²) in [6, 6.07) is 14.8. The molecule has 0 radical (unpaired) electrons. The number of methoxy groups -OCH3 is 1. The molecule has 0 unspecified atom stereocenters. The minimum Gasteiger partial charge on any atom is -0.493 e. The van der Waals surface area contributed by atoms with Crippen LogP contribution in [0.25, 0.3) is 0 Å².